The molecule has 120 valence electrons. The van der Waals surface area contributed by atoms with E-state index in [1.54, 1.807) is 6.92 Å². The lowest BCUT2D eigenvalue weighted by atomic mass is 10.1. The van der Waals surface area contributed by atoms with Crippen LogP contribution in [0.4, 0.5) is 0 Å². The second-order valence-corrected chi connectivity index (χ2v) is 6.34. The fourth-order valence-electron chi connectivity index (χ4n) is 1.08. The number of carbonyl (C=O) groups excluding carboxylic acids is 1. The molecular weight excluding hydrogens is 318 g/mol. The Labute approximate surface area is 115 Å². The maximum absolute atomic E-state index is 11.3. The van der Waals surface area contributed by atoms with Crippen molar-refractivity contribution in [2.45, 2.75) is 19.8 Å². The van der Waals surface area contributed by atoms with Gasteiger partial charge in [0.15, 0.2) is 0 Å². The van der Waals surface area contributed by atoms with Gasteiger partial charge in [0.05, 0.1) is 26.2 Å². The Morgan fingerprint density at radius 3 is 1.85 bits per heavy atom. The second-order valence-electron chi connectivity index (χ2n) is 3.86. The Bertz CT molecular complexity index is 359. The third kappa shape index (κ3) is 12.7. The first-order chi connectivity index (χ1) is 9.03. The van der Waals surface area contributed by atoms with Gasteiger partial charge in [0.2, 0.25) is 0 Å². The zero-order valence-corrected chi connectivity index (χ0v) is 12.5. The number of carbonyl (C=O) groups is 1. The highest BCUT2D eigenvalue weighted by molar-refractivity contribution is 7.46. The lowest BCUT2D eigenvalue weighted by molar-refractivity contribution is -0.145. The third-order valence-corrected chi connectivity index (χ3v) is 2.85. The van der Waals surface area contributed by atoms with Crippen LogP contribution in [-0.4, -0.2) is 45.4 Å². The smallest absolute Gasteiger partial charge is 0.466 e. The second kappa shape index (κ2) is 8.86. The molecule has 12 heteroatoms. The molecule has 0 aromatic heterocycles. The number of hydrogen-bond donors (Lipinski definition) is 4. The highest BCUT2D eigenvalue weighted by Crippen LogP contribution is 2.39. The molecule has 0 heterocycles. The van der Waals surface area contributed by atoms with E-state index in [-0.39, 0.29) is 13.0 Å². The molecule has 0 spiro atoms. The van der Waals surface area contributed by atoms with E-state index in [1.807, 2.05) is 0 Å². The Morgan fingerprint density at radius 2 is 1.50 bits per heavy atom. The average Bonchev–Trinajstić information content (AvgIpc) is 2.27. The van der Waals surface area contributed by atoms with Crippen molar-refractivity contribution in [3.63, 3.8) is 0 Å². The minimum atomic E-state index is -4.75. The topological polar surface area (TPSA) is 160 Å². The Hall–Kier alpha value is -0.310. The average molecular weight is 336 g/mol. The first-order valence-corrected chi connectivity index (χ1v) is 8.65. The third-order valence-electron chi connectivity index (χ3n) is 1.88. The maximum atomic E-state index is 11.3. The van der Waals surface area contributed by atoms with Gasteiger partial charge in [-0.2, -0.15) is 0 Å². The molecule has 0 aromatic rings. The van der Waals surface area contributed by atoms with Crippen LogP contribution in [0, 0.1) is 5.92 Å². The summed E-state index contributed by atoms with van der Waals surface area (Å²) in [6, 6.07) is 0. The quantitative estimate of drug-likeness (QED) is 0.319. The van der Waals surface area contributed by atoms with Gasteiger partial charge >= 0.3 is 21.6 Å². The van der Waals surface area contributed by atoms with Crippen LogP contribution in [0.2, 0.25) is 0 Å². The van der Waals surface area contributed by atoms with Crippen molar-refractivity contribution in [1.29, 1.82) is 0 Å². The molecular formula is C8H18O10P2. The van der Waals surface area contributed by atoms with Gasteiger partial charge in [0.1, 0.15) is 0 Å². The summed E-state index contributed by atoms with van der Waals surface area (Å²) in [7, 11) is -9.50. The summed E-state index contributed by atoms with van der Waals surface area (Å²) >= 11 is 0. The molecule has 0 aromatic carbocycles. The molecule has 0 fully saturated rings. The van der Waals surface area contributed by atoms with E-state index < -0.39 is 40.7 Å². The number of esters is 1. The Balaban J connectivity index is 4.41. The molecule has 0 saturated carbocycles. The van der Waals surface area contributed by atoms with Gasteiger partial charge in [0.25, 0.3) is 0 Å². The number of hydrogen-bond acceptors (Lipinski definition) is 6. The van der Waals surface area contributed by atoms with Gasteiger partial charge in [0, 0.05) is 5.92 Å². The number of phosphoric ester groups is 2. The van der Waals surface area contributed by atoms with Crippen LogP contribution < -0.4 is 0 Å². The van der Waals surface area contributed by atoms with Crippen molar-refractivity contribution >= 4 is 21.6 Å². The number of phosphoric acid groups is 2. The molecule has 0 radical (unpaired) electrons. The molecule has 10 nitrogen and oxygen atoms in total. The molecule has 0 bridgehead atoms. The van der Waals surface area contributed by atoms with Gasteiger partial charge in [-0.1, -0.05) is 6.92 Å². The summed E-state index contributed by atoms with van der Waals surface area (Å²) in [4.78, 5) is 45.5. The standard InChI is InChI=1S/C8H18O10P2/c1-2-3-16-8(9)4-7(5-17-19(10,11)12)6-18-20(13,14)15/h7H,2-6H2,1H3,(H2,10,11,12)(H2,13,14,15). The predicted octanol–water partition coefficient (Wildman–Crippen LogP) is 0.164. The summed E-state index contributed by atoms with van der Waals surface area (Å²) in [5.41, 5.74) is 0. The predicted molar refractivity (Wildman–Crippen MR) is 65.3 cm³/mol. The van der Waals surface area contributed by atoms with Crippen LogP contribution in [0.25, 0.3) is 0 Å². The highest BCUT2D eigenvalue weighted by Gasteiger charge is 2.24. The summed E-state index contributed by atoms with van der Waals surface area (Å²) < 4.78 is 34.2. The fourth-order valence-corrected chi connectivity index (χ4v) is 1.89. The summed E-state index contributed by atoms with van der Waals surface area (Å²) in [5.74, 6) is -1.64. The van der Waals surface area contributed by atoms with E-state index in [9.17, 15) is 13.9 Å². The molecule has 0 amide bonds. The van der Waals surface area contributed by atoms with Crippen molar-refractivity contribution < 1.29 is 47.3 Å². The SMILES string of the molecule is CCCOC(=O)CC(COP(=O)(O)O)COP(=O)(O)O. The van der Waals surface area contributed by atoms with Crippen LogP contribution in [0.5, 0.6) is 0 Å². The zero-order chi connectivity index (χ0) is 15.8. The number of ether oxygens (including phenoxy) is 1. The Kier molecular flexibility index (Phi) is 8.72. The normalized spacial score (nSPS) is 12.7. The molecule has 0 rings (SSSR count). The van der Waals surface area contributed by atoms with E-state index in [0.717, 1.165) is 0 Å². The summed E-state index contributed by atoms with van der Waals surface area (Å²) in [6.07, 6.45) is 0.244. The van der Waals surface area contributed by atoms with Crippen molar-refractivity contribution in [3.8, 4) is 0 Å². The van der Waals surface area contributed by atoms with Crippen LogP contribution in [0.15, 0.2) is 0 Å². The zero-order valence-electron chi connectivity index (χ0n) is 10.7. The molecule has 0 aliphatic heterocycles. The van der Waals surface area contributed by atoms with E-state index in [2.05, 4.69) is 9.05 Å². The van der Waals surface area contributed by atoms with Crippen LogP contribution in [-0.2, 0) is 27.7 Å². The maximum Gasteiger partial charge on any atom is 0.469 e. The molecule has 0 unspecified atom stereocenters. The van der Waals surface area contributed by atoms with E-state index >= 15 is 0 Å². The van der Waals surface area contributed by atoms with Crippen molar-refractivity contribution in [2.24, 2.45) is 5.92 Å². The largest absolute Gasteiger partial charge is 0.469 e. The van der Waals surface area contributed by atoms with E-state index in [0.29, 0.717) is 6.42 Å². The molecule has 4 N–H and O–H groups in total. The van der Waals surface area contributed by atoms with Gasteiger partial charge in [-0.3, -0.25) is 13.8 Å². The molecule has 0 atom stereocenters. The fraction of sp³-hybridized carbons (Fsp3) is 0.875. The monoisotopic (exact) mass is 336 g/mol. The first kappa shape index (κ1) is 19.7. The molecule has 0 saturated heterocycles. The van der Waals surface area contributed by atoms with Crippen molar-refractivity contribution in [1.82, 2.24) is 0 Å². The molecule has 0 aliphatic rings. The first-order valence-electron chi connectivity index (χ1n) is 5.59. The van der Waals surface area contributed by atoms with Crippen LogP contribution in [0.3, 0.4) is 0 Å². The van der Waals surface area contributed by atoms with Gasteiger partial charge < -0.3 is 24.3 Å². The van der Waals surface area contributed by atoms with Gasteiger partial charge in [-0.25, -0.2) is 9.13 Å². The van der Waals surface area contributed by atoms with Crippen molar-refractivity contribution in [2.75, 3.05) is 19.8 Å². The molecule has 20 heavy (non-hydrogen) atoms. The van der Waals surface area contributed by atoms with Crippen molar-refractivity contribution in [3.05, 3.63) is 0 Å². The van der Waals surface area contributed by atoms with E-state index in [1.165, 1.54) is 0 Å². The lowest BCUT2D eigenvalue weighted by Gasteiger charge is -2.17. The minimum absolute atomic E-state index is 0.171. The van der Waals surface area contributed by atoms with Gasteiger partial charge in [-0.05, 0) is 6.42 Å². The molecule has 0 aliphatic carbocycles. The Morgan fingerprint density at radius 1 is 1.05 bits per heavy atom. The number of rotatable bonds is 10. The van der Waals surface area contributed by atoms with Gasteiger partial charge in [-0.15, -0.1) is 0 Å². The lowest BCUT2D eigenvalue weighted by Crippen LogP contribution is -2.20. The summed E-state index contributed by atoms with van der Waals surface area (Å²) in [5, 5.41) is 0. The van der Waals surface area contributed by atoms with Crippen LogP contribution in [0.1, 0.15) is 19.8 Å². The van der Waals surface area contributed by atoms with E-state index in [4.69, 9.17) is 24.3 Å². The summed E-state index contributed by atoms with van der Waals surface area (Å²) in [6.45, 7) is 0.736. The minimum Gasteiger partial charge on any atom is -0.466 e. The van der Waals surface area contributed by atoms with Crippen LogP contribution >= 0.6 is 15.6 Å². The highest BCUT2D eigenvalue weighted by atomic mass is 31.2.